The van der Waals surface area contributed by atoms with E-state index in [9.17, 15) is 9.59 Å². The molecule has 0 aliphatic carbocycles. The molecule has 0 spiro atoms. The van der Waals surface area contributed by atoms with E-state index in [4.69, 9.17) is 11.5 Å². The summed E-state index contributed by atoms with van der Waals surface area (Å²) in [6, 6.07) is 7.26. The number of primary amides is 1. The fourth-order valence-electron chi connectivity index (χ4n) is 1.90. The first-order chi connectivity index (χ1) is 9.17. The van der Waals surface area contributed by atoms with E-state index in [0.717, 1.165) is 5.56 Å². The van der Waals surface area contributed by atoms with Crippen LogP contribution in [0, 0.1) is 5.41 Å². The molecule has 0 aromatic heterocycles. The lowest BCUT2D eigenvalue weighted by atomic mass is 9.91. The van der Waals surface area contributed by atoms with E-state index in [0.29, 0.717) is 18.7 Å². The fraction of sp³-hybridized carbons (Fsp3) is 0.467. The molecule has 0 aliphatic heterocycles. The van der Waals surface area contributed by atoms with Crippen molar-refractivity contribution in [3.05, 3.63) is 29.8 Å². The second kappa shape index (κ2) is 6.41. The van der Waals surface area contributed by atoms with Gasteiger partial charge in [0.1, 0.15) is 0 Å². The van der Waals surface area contributed by atoms with Gasteiger partial charge in [-0.05, 0) is 23.1 Å². The monoisotopic (exact) mass is 277 g/mol. The summed E-state index contributed by atoms with van der Waals surface area (Å²) in [5.41, 5.74) is 12.3. The third-order valence-electron chi connectivity index (χ3n) is 2.71. The predicted molar refractivity (Wildman–Crippen MR) is 79.5 cm³/mol. The molecule has 1 aromatic rings. The van der Waals surface area contributed by atoms with Gasteiger partial charge in [-0.2, -0.15) is 0 Å². The second-order valence-electron chi connectivity index (χ2n) is 6.20. The average molecular weight is 277 g/mol. The number of rotatable bonds is 5. The van der Waals surface area contributed by atoms with Crippen molar-refractivity contribution in [3.8, 4) is 0 Å². The van der Waals surface area contributed by atoms with Gasteiger partial charge in [-0.25, -0.2) is 0 Å². The van der Waals surface area contributed by atoms with Gasteiger partial charge < -0.3 is 16.4 Å². The third kappa shape index (κ3) is 5.73. The SMILES string of the molecule is CC(C)(C)CC(=O)N(CC(N)=O)Cc1cccc(N)c1. The van der Waals surface area contributed by atoms with Gasteiger partial charge in [-0.15, -0.1) is 0 Å². The van der Waals surface area contributed by atoms with Gasteiger partial charge in [0.15, 0.2) is 0 Å². The number of nitrogen functional groups attached to an aromatic ring is 1. The first-order valence-electron chi connectivity index (χ1n) is 6.58. The van der Waals surface area contributed by atoms with Crippen molar-refractivity contribution in [1.82, 2.24) is 4.90 Å². The minimum atomic E-state index is -0.517. The molecule has 0 bridgehead atoms. The number of benzene rings is 1. The van der Waals surface area contributed by atoms with Crippen LogP contribution in [0.3, 0.4) is 0 Å². The van der Waals surface area contributed by atoms with Crippen LogP contribution in [-0.4, -0.2) is 23.3 Å². The van der Waals surface area contributed by atoms with Crippen LogP contribution in [0.4, 0.5) is 5.69 Å². The van der Waals surface area contributed by atoms with Crippen LogP contribution in [0.15, 0.2) is 24.3 Å². The molecular weight excluding hydrogens is 254 g/mol. The molecule has 0 unspecified atom stereocenters. The average Bonchev–Trinajstić information content (AvgIpc) is 2.25. The number of carbonyl (C=O) groups is 2. The van der Waals surface area contributed by atoms with E-state index in [1.54, 1.807) is 12.1 Å². The fourth-order valence-corrected chi connectivity index (χ4v) is 1.90. The first-order valence-corrected chi connectivity index (χ1v) is 6.58. The van der Waals surface area contributed by atoms with Crippen LogP contribution < -0.4 is 11.5 Å². The standard InChI is InChI=1S/C15H23N3O2/c1-15(2,3)8-14(20)18(10-13(17)19)9-11-5-4-6-12(16)7-11/h4-7H,8-10,16H2,1-3H3,(H2,17,19). The minimum absolute atomic E-state index is 0.0797. The van der Waals surface area contributed by atoms with Crippen LogP contribution in [0.1, 0.15) is 32.8 Å². The Kier molecular flexibility index (Phi) is 5.13. The van der Waals surface area contributed by atoms with Crippen molar-refractivity contribution in [2.24, 2.45) is 11.1 Å². The summed E-state index contributed by atoms with van der Waals surface area (Å²) in [4.78, 5) is 24.9. The molecule has 0 saturated carbocycles. The van der Waals surface area contributed by atoms with E-state index in [1.807, 2.05) is 32.9 Å². The van der Waals surface area contributed by atoms with Crippen molar-refractivity contribution >= 4 is 17.5 Å². The largest absolute Gasteiger partial charge is 0.399 e. The lowest BCUT2D eigenvalue weighted by molar-refractivity contribution is -0.137. The summed E-state index contributed by atoms with van der Waals surface area (Å²) >= 11 is 0. The van der Waals surface area contributed by atoms with Crippen LogP contribution in [0.2, 0.25) is 0 Å². The van der Waals surface area contributed by atoms with E-state index in [2.05, 4.69) is 0 Å². The highest BCUT2D eigenvalue weighted by Crippen LogP contribution is 2.20. The van der Waals surface area contributed by atoms with Crippen LogP contribution >= 0.6 is 0 Å². The van der Waals surface area contributed by atoms with Crippen molar-refractivity contribution in [2.75, 3.05) is 12.3 Å². The topological polar surface area (TPSA) is 89.4 Å². The maximum absolute atomic E-state index is 12.3. The number of nitrogens with two attached hydrogens (primary N) is 2. The molecule has 0 radical (unpaired) electrons. The van der Waals surface area contributed by atoms with E-state index in [-0.39, 0.29) is 17.9 Å². The van der Waals surface area contributed by atoms with Crippen molar-refractivity contribution < 1.29 is 9.59 Å². The third-order valence-corrected chi connectivity index (χ3v) is 2.71. The maximum Gasteiger partial charge on any atom is 0.237 e. The summed E-state index contributed by atoms with van der Waals surface area (Å²) in [6.07, 6.45) is 0.364. The van der Waals surface area contributed by atoms with Crippen LogP contribution in [-0.2, 0) is 16.1 Å². The minimum Gasteiger partial charge on any atom is -0.399 e. The molecule has 0 atom stereocenters. The summed E-state index contributed by atoms with van der Waals surface area (Å²) < 4.78 is 0. The quantitative estimate of drug-likeness (QED) is 0.800. The molecule has 0 fully saturated rings. The zero-order valence-corrected chi connectivity index (χ0v) is 12.3. The van der Waals surface area contributed by atoms with Gasteiger partial charge in [0.2, 0.25) is 11.8 Å². The Balaban J connectivity index is 2.84. The van der Waals surface area contributed by atoms with Gasteiger partial charge in [0.25, 0.3) is 0 Å². The Morgan fingerprint density at radius 1 is 1.25 bits per heavy atom. The second-order valence-corrected chi connectivity index (χ2v) is 6.20. The zero-order valence-electron chi connectivity index (χ0n) is 12.3. The number of amides is 2. The molecule has 5 heteroatoms. The molecule has 1 aromatic carbocycles. The number of carbonyl (C=O) groups excluding carboxylic acids is 2. The van der Waals surface area contributed by atoms with Crippen molar-refractivity contribution in [2.45, 2.75) is 33.7 Å². The molecule has 0 saturated heterocycles. The Morgan fingerprint density at radius 3 is 2.40 bits per heavy atom. The van der Waals surface area contributed by atoms with Gasteiger partial charge in [0, 0.05) is 18.7 Å². The lowest BCUT2D eigenvalue weighted by Gasteiger charge is -2.26. The lowest BCUT2D eigenvalue weighted by Crippen LogP contribution is -2.39. The molecule has 0 aliphatic rings. The smallest absolute Gasteiger partial charge is 0.237 e. The normalized spacial score (nSPS) is 11.2. The summed E-state index contributed by atoms with van der Waals surface area (Å²) in [7, 11) is 0. The summed E-state index contributed by atoms with van der Waals surface area (Å²) in [6.45, 7) is 6.20. The van der Waals surface area contributed by atoms with E-state index >= 15 is 0 Å². The van der Waals surface area contributed by atoms with Crippen LogP contribution in [0.25, 0.3) is 0 Å². The molecule has 5 nitrogen and oxygen atoms in total. The molecule has 110 valence electrons. The van der Waals surface area contributed by atoms with Crippen LogP contribution in [0.5, 0.6) is 0 Å². The maximum atomic E-state index is 12.3. The highest BCUT2D eigenvalue weighted by atomic mass is 16.2. The van der Waals surface area contributed by atoms with E-state index in [1.165, 1.54) is 4.90 Å². The highest BCUT2D eigenvalue weighted by molar-refractivity contribution is 5.84. The van der Waals surface area contributed by atoms with Crippen molar-refractivity contribution in [1.29, 1.82) is 0 Å². The Hall–Kier alpha value is -2.04. The highest BCUT2D eigenvalue weighted by Gasteiger charge is 2.22. The first kappa shape index (κ1) is 16.0. The Morgan fingerprint density at radius 2 is 1.90 bits per heavy atom. The zero-order chi connectivity index (χ0) is 15.3. The predicted octanol–water partition coefficient (Wildman–Crippen LogP) is 1.52. The van der Waals surface area contributed by atoms with Gasteiger partial charge in [-0.3, -0.25) is 9.59 Å². The Labute approximate surface area is 119 Å². The number of nitrogens with zero attached hydrogens (tertiary/aromatic N) is 1. The molecule has 1 rings (SSSR count). The molecular formula is C15H23N3O2. The number of hydrogen-bond acceptors (Lipinski definition) is 3. The summed E-state index contributed by atoms with van der Waals surface area (Å²) in [5, 5.41) is 0. The van der Waals surface area contributed by atoms with Gasteiger partial charge >= 0.3 is 0 Å². The van der Waals surface area contributed by atoms with E-state index < -0.39 is 5.91 Å². The number of hydrogen-bond donors (Lipinski definition) is 2. The van der Waals surface area contributed by atoms with Crippen molar-refractivity contribution in [3.63, 3.8) is 0 Å². The molecule has 4 N–H and O–H groups in total. The Bertz CT molecular complexity index is 492. The summed E-state index contributed by atoms with van der Waals surface area (Å²) in [5.74, 6) is -0.602. The number of anilines is 1. The van der Waals surface area contributed by atoms with Gasteiger partial charge in [-0.1, -0.05) is 32.9 Å². The molecule has 0 heterocycles. The molecule has 2 amide bonds. The molecule has 20 heavy (non-hydrogen) atoms. The van der Waals surface area contributed by atoms with Gasteiger partial charge in [0.05, 0.1) is 6.54 Å².